The fraction of sp³-hybridized carbons (Fsp3) is 0.273. The minimum atomic E-state index is -0.0934. The third kappa shape index (κ3) is 5.36. The number of benzene rings is 1. The summed E-state index contributed by atoms with van der Waals surface area (Å²) in [4.78, 5) is 8.78. The van der Waals surface area contributed by atoms with Gasteiger partial charge in [-0.05, 0) is 6.07 Å². The maximum atomic E-state index is 6.14. The quantitative estimate of drug-likeness (QED) is 0.300. The second-order valence-electron chi connectivity index (χ2n) is 6.76. The monoisotopic (exact) mass is 503 g/mol. The van der Waals surface area contributed by atoms with E-state index in [2.05, 4.69) is 24.5 Å². The number of nitrogens with one attached hydrogen (secondary N) is 1. The van der Waals surface area contributed by atoms with Crippen molar-refractivity contribution in [3.63, 3.8) is 0 Å². The van der Waals surface area contributed by atoms with Crippen LogP contribution in [0.3, 0.4) is 0 Å². The molecule has 29 heavy (non-hydrogen) atoms. The van der Waals surface area contributed by atoms with Crippen LogP contribution in [0.25, 0.3) is 0 Å². The van der Waals surface area contributed by atoms with Gasteiger partial charge in [-0.3, -0.25) is 0 Å². The molecule has 0 bridgehead atoms. The van der Waals surface area contributed by atoms with Gasteiger partial charge in [-0.15, -0.1) is 0 Å². The molecule has 7 heteroatoms. The number of halogens is 1. The van der Waals surface area contributed by atoms with Crippen LogP contribution in [-0.2, 0) is 4.74 Å². The van der Waals surface area contributed by atoms with Crippen LogP contribution in [0.5, 0.6) is 11.6 Å². The van der Waals surface area contributed by atoms with Crippen LogP contribution < -0.4 is 34.6 Å². The average molecular weight is 503 g/mol. The standard InChI is InChI=1S/C22H24IN4O2/c1-28-16-17-11-14-27(23-15-17)20-5-4-13-25-22(20)29-19-9-7-18(8-10-19)26-21-6-2-3-12-24-21/h2-10,12-13,17H,11,14-16H2,1H3,(H,24,26)/q-1. The van der Waals surface area contributed by atoms with E-state index < -0.39 is 0 Å². The van der Waals surface area contributed by atoms with E-state index in [1.165, 1.54) is 4.43 Å². The van der Waals surface area contributed by atoms with Crippen molar-refractivity contribution in [1.82, 2.24) is 9.97 Å². The Morgan fingerprint density at radius 1 is 1.07 bits per heavy atom. The summed E-state index contributed by atoms with van der Waals surface area (Å²) in [6, 6.07) is 17.7. The molecule has 0 saturated carbocycles. The minimum absolute atomic E-state index is 0.0934. The Bertz CT molecular complexity index is 900. The summed E-state index contributed by atoms with van der Waals surface area (Å²) in [5.41, 5.74) is 2.05. The molecule has 1 aromatic carbocycles. The van der Waals surface area contributed by atoms with Gasteiger partial charge in [0.15, 0.2) is 0 Å². The summed E-state index contributed by atoms with van der Waals surface area (Å²) in [6.07, 6.45) is 4.70. The Balaban J connectivity index is 1.42. The second kappa shape index (κ2) is 9.89. The summed E-state index contributed by atoms with van der Waals surface area (Å²) >= 11 is -0.0934. The molecule has 1 aliphatic heterocycles. The molecule has 1 fully saturated rings. The van der Waals surface area contributed by atoms with Gasteiger partial charge < -0.3 is 0 Å². The normalized spacial score (nSPS) is 16.7. The van der Waals surface area contributed by atoms with E-state index in [9.17, 15) is 0 Å². The van der Waals surface area contributed by atoms with Crippen molar-refractivity contribution in [1.29, 1.82) is 0 Å². The Labute approximate surface area is 181 Å². The molecular weight excluding hydrogens is 479 g/mol. The Kier molecular flexibility index (Phi) is 6.79. The first-order chi connectivity index (χ1) is 14.3. The molecule has 3 heterocycles. The van der Waals surface area contributed by atoms with Crippen LogP contribution >= 0.6 is 0 Å². The van der Waals surface area contributed by atoms with E-state index in [0.29, 0.717) is 11.8 Å². The number of ether oxygens (including phenoxy) is 2. The van der Waals surface area contributed by atoms with Gasteiger partial charge >= 0.3 is 176 Å². The zero-order valence-corrected chi connectivity index (χ0v) is 18.5. The van der Waals surface area contributed by atoms with Crippen LogP contribution in [0.2, 0.25) is 0 Å². The molecule has 0 amide bonds. The number of nitrogens with zero attached hydrogens (tertiary/aromatic N) is 3. The number of hydrogen-bond donors (Lipinski definition) is 1. The van der Waals surface area contributed by atoms with Crippen LogP contribution in [0.4, 0.5) is 17.2 Å². The number of hydrogen-bond acceptors (Lipinski definition) is 6. The average Bonchev–Trinajstić information content (AvgIpc) is 2.77. The molecule has 0 aliphatic carbocycles. The first-order valence-electron chi connectivity index (χ1n) is 9.59. The van der Waals surface area contributed by atoms with Crippen molar-refractivity contribution in [2.24, 2.45) is 5.92 Å². The summed E-state index contributed by atoms with van der Waals surface area (Å²) < 4.78 is 15.2. The third-order valence-corrected chi connectivity index (χ3v) is 8.05. The van der Waals surface area contributed by atoms with Crippen molar-refractivity contribution in [2.45, 2.75) is 6.42 Å². The summed E-state index contributed by atoms with van der Waals surface area (Å²) in [5.74, 6) is 2.94. The molecule has 1 N–H and O–H groups in total. The van der Waals surface area contributed by atoms with Gasteiger partial charge in [0.1, 0.15) is 0 Å². The fourth-order valence-electron chi connectivity index (χ4n) is 3.11. The second-order valence-corrected chi connectivity index (χ2v) is 9.49. The zero-order chi connectivity index (χ0) is 19.9. The van der Waals surface area contributed by atoms with Gasteiger partial charge in [0.05, 0.1) is 0 Å². The number of pyridine rings is 2. The van der Waals surface area contributed by atoms with E-state index in [1.54, 1.807) is 19.5 Å². The summed E-state index contributed by atoms with van der Waals surface area (Å²) in [6.45, 7) is 1.90. The van der Waals surface area contributed by atoms with Crippen molar-refractivity contribution >= 4 is 17.2 Å². The van der Waals surface area contributed by atoms with Crippen molar-refractivity contribution < 1.29 is 31.0 Å². The predicted octanol–water partition coefficient (Wildman–Crippen LogP) is 1.49. The van der Waals surface area contributed by atoms with Gasteiger partial charge in [0, 0.05) is 0 Å². The number of anilines is 3. The molecule has 0 radical (unpaired) electrons. The first-order valence-corrected chi connectivity index (χ1v) is 12.1. The molecule has 1 saturated heterocycles. The SMILES string of the molecule is COCC1CCN(c2cccnc2Oc2ccc(Nc3ccccn3)cc2)[I-]C1. The number of alkyl halides is 1. The molecule has 6 nitrogen and oxygen atoms in total. The van der Waals surface area contributed by atoms with Crippen molar-refractivity contribution in [3.8, 4) is 11.6 Å². The number of aromatic nitrogens is 2. The molecule has 0 spiro atoms. The van der Waals surface area contributed by atoms with E-state index in [-0.39, 0.29) is 21.5 Å². The van der Waals surface area contributed by atoms with Crippen LogP contribution in [0.15, 0.2) is 67.0 Å². The van der Waals surface area contributed by atoms with Gasteiger partial charge in [-0.2, -0.15) is 0 Å². The molecular formula is C22H24IN4O2-. The first kappa shape index (κ1) is 19.9. The van der Waals surface area contributed by atoms with E-state index in [4.69, 9.17) is 9.47 Å². The van der Waals surface area contributed by atoms with Gasteiger partial charge in [0.2, 0.25) is 0 Å². The molecule has 2 aromatic heterocycles. The predicted molar refractivity (Wildman–Crippen MR) is 110 cm³/mol. The number of rotatable bonds is 7. The van der Waals surface area contributed by atoms with E-state index >= 15 is 0 Å². The van der Waals surface area contributed by atoms with Crippen LogP contribution in [0.1, 0.15) is 6.42 Å². The van der Waals surface area contributed by atoms with Crippen molar-refractivity contribution in [2.75, 3.05) is 33.1 Å². The molecule has 1 aliphatic rings. The van der Waals surface area contributed by atoms with E-state index in [0.717, 1.165) is 42.5 Å². The van der Waals surface area contributed by atoms with Gasteiger partial charge in [-0.25, -0.2) is 0 Å². The fourth-order valence-corrected chi connectivity index (χ4v) is 6.19. The van der Waals surface area contributed by atoms with Crippen molar-refractivity contribution in [3.05, 3.63) is 67.0 Å². The van der Waals surface area contributed by atoms with Crippen LogP contribution in [0, 0.1) is 5.92 Å². The summed E-state index contributed by atoms with van der Waals surface area (Å²) in [7, 11) is 1.79. The maximum absolute atomic E-state index is 6.14. The Hall–Kier alpha value is -2.39. The van der Waals surface area contributed by atoms with Gasteiger partial charge in [-0.1, -0.05) is 0 Å². The molecule has 1 unspecified atom stereocenters. The molecule has 3 aromatic rings. The third-order valence-electron chi connectivity index (χ3n) is 4.59. The molecule has 152 valence electrons. The van der Waals surface area contributed by atoms with Crippen LogP contribution in [-0.4, -0.2) is 34.7 Å². The Morgan fingerprint density at radius 3 is 2.66 bits per heavy atom. The topological polar surface area (TPSA) is 59.5 Å². The number of methoxy groups -OCH3 is 1. The molecule has 1 atom stereocenters. The van der Waals surface area contributed by atoms with Gasteiger partial charge in [0.25, 0.3) is 0 Å². The summed E-state index contributed by atoms with van der Waals surface area (Å²) in [5, 5.41) is 3.28. The van der Waals surface area contributed by atoms with E-state index in [1.807, 2.05) is 48.5 Å². The zero-order valence-electron chi connectivity index (χ0n) is 16.3. The molecule has 4 rings (SSSR count). The Morgan fingerprint density at radius 2 is 1.93 bits per heavy atom.